The molecule has 0 aromatic rings. The first kappa shape index (κ1) is 69.2. The van der Waals surface area contributed by atoms with Crippen molar-refractivity contribution in [1.82, 2.24) is 5.32 Å². The minimum Gasteiger partial charge on any atom is -0.756 e. The number of carbonyl (C=O) groups excluding carboxylic acids is 1. The zero-order valence-electron chi connectivity index (χ0n) is 47.8. The van der Waals surface area contributed by atoms with Gasteiger partial charge in [0.1, 0.15) is 13.2 Å². The molecule has 0 fully saturated rings. The van der Waals surface area contributed by atoms with Crippen LogP contribution in [0.25, 0.3) is 0 Å². The molecule has 0 aliphatic heterocycles. The first-order valence-corrected chi connectivity index (χ1v) is 32.5. The third-order valence-corrected chi connectivity index (χ3v) is 15.5. The molecule has 0 aliphatic carbocycles. The van der Waals surface area contributed by atoms with Gasteiger partial charge in [0, 0.05) is 6.42 Å². The highest BCUT2D eigenvalue weighted by atomic mass is 31.2. The number of rotatable bonds is 58. The van der Waals surface area contributed by atoms with Crippen LogP contribution in [0.1, 0.15) is 322 Å². The van der Waals surface area contributed by atoms with Gasteiger partial charge in [-0.25, -0.2) is 0 Å². The average molecular weight is 1010 g/mol. The Morgan fingerprint density at radius 1 is 0.486 bits per heavy atom. The minimum atomic E-state index is -4.59. The van der Waals surface area contributed by atoms with Gasteiger partial charge in [0.15, 0.2) is 0 Å². The molecule has 0 spiro atoms. The largest absolute Gasteiger partial charge is 0.756 e. The van der Waals surface area contributed by atoms with Crippen LogP contribution in [0.15, 0.2) is 12.2 Å². The number of amides is 1. The molecule has 0 aromatic heterocycles. The van der Waals surface area contributed by atoms with E-state index in [4.69, 9.17) is 9.05 Å². The molecule has 9 heteroatoms. The van der Waals surface area contributed by atoms with Crippen molar-refractivity contribution in [3.63, 3.8) is 0 Å². The second-order valence-corrected chi connectivity index (χ2v) is 24.2. The van der Waals surface area contributed by atoms with Gasteiger partial charge >= 0.3 is 0 Å². The lowest BCUT2D eigenvalue weighted by Gasteiger charge is -2.29. The highest BCUT2D eigenvalue weighted by molar-refractivity contribution is 7.45. The molecule has 0 saturated heterocycles. The second kappa shape index (κ2) is 53.1. The average Bonchev–Trinajstić information content (AvgIpc) is 3.32. The molecule has 0 heterocycles. The van der Waals surface area contributed by atoms with E-state index in [0.29, 0.717) is 17.4 Å². The summed E-state index contributed by atoms with van der Waals surface area (Å²) in [5.74, 6) is -0.189. The van der Waals surface area contributed by atoms with E-state index in [1.54, 1.807) is 6.08 Å². The SMILES string of the molecule is CCCCCCCCCCCCCCCCCCCCCCCC/C=C/C(O)C(COP(=O)([O-])OCC[N+](C)(C)C)NC(=O)CCCCCCCCCCCCCCCCCCCCCCCCCC. The summed E-state index contributed by atoms with van der Waals surface area (Å²) < 4.78 is 23.4. The van der Waals surface area contributed by atoms with Crippen molar-refractivity contribution < 1.29 is 32.9 Å². The lowest BCUT2D eigenvalue weighted by Crippen LogP contribution is -2.45. The summed E-state index contributed by atoms with van der Waals surface area (Å²) in [4.78, 5) is 25.5. The standard InChI is InChI=1S/C61H123N2O6P/c1-6-8-10-12-14-16-18-20-22-24-26-28-30-32-34-36-38-40-42-44-46-48-50-52-54-60(64)59(58-69-70(66,67)68-57-56-63(3,4)5)62-61(65)55-53-51-49-47-45-43-41-39-37-35-33-31-29-27-25-23-21-19-17-15-13-11-9-7-2/h52,54,59-60,64H,6-51,53,55-58H2,1-5H3,(H-,62,65,66,67)/b54-52+. The lowest BCUT2D eigenvalue weighted by molar-refractivity contribution is -0.870. The van der Waals surface area contributed by atoms with Crippen molar-refractivity contribution in [1.29, 1.82) is 0 Å². The zero-order chi connectivity index (χ0) is 51.3. The van der Waals surface area contributed by atoms with E-state index in [1.807, 2.05) is 27.2 Å². The van der Waals surface area contributed by atoms with Crippen LogP contribution in [-0.4, -0.2) is 68.5 Å². The van der Waals surface area contributed by atoms with Crippen molar-refractivity contribution >= 4 is 13.7 Å². The van der Waals surface area contributed by atoms with Gasteiger partial charge in [-0.05, 0) is 19.3 Å². The Morgan fingerprint density at radius 2 is 0.771 bits per heavy atom. The third-order valence-electron chi connectivity index (χ3n) is 14.5. The lowest BCUT2D eigenvalue weighted by atomic mass is 10.0. The molecular weight excluding hydrogens is 888 g/mol. The van der Waals surface area contributed by atoms with Crippen molar-refractivity contribution in [2.45, 2.75) is 334 Å². The first-order chi connectivity index (χ1) is 34.0. The predicted molar refractivity (Wildman–Crippen MR) is 302 cm³/mol. The number of likely N-dealkylation sites (N-methyl/N-ethyl adjacent to an activating group) is 1. The van der Waals surface area contributed by atoms with Gasteiger partial charge in [-0.3, -0.25) is 9.36 Å². The number of allylic oxidation sites excluding steroid dienone is 1. The Bertz CT molecular complexity index is 1150. The number of hydrogen-bond donors (Lipinski definition) is 2. The molecule has 3 atom stereocenters. The Balaban J connectivity index is 4.13. The summed E-state index contributed by atoms with van der Waals surface area (Å²) in [6.45, 7) is 4.71. The van der Waals surface area contributed by atoms with Gasteiger partial charge in [0.2, 0.25) is 5.91 Å². The molecule has 0 aromatic carbocycles. The first-order valence-electron chi connectivity index (χ1n) is 31.1. The minimum absolute atomic E-state index is 0.00284. The monoisotopic (exact) mass is 1010 g/mol. The number of unbranched alkanes of at least 4 members (excludes halogenated alkanes) is 45. The predicted octanol–water partition coefficient (Wildman–Crippen LogP) is 18.4. The number of phosphoric acid groups is 1. The van der Waals surface area contributed by atoms with Gasteiger partial charge in [-0.1, -0.05) is 309 Å². The van der Waals surface area contributed by atoms with Gasteiger partial charge in [-0.2, -0.15) is 0 Å². The number of nitrogens with zero attached hydrogens (tertiary/aromatic N) is 1. The van der Waals surface area contributed by atoms with E-state index < -0.39 is 20.0 Å². The van der Waals surface area contributed by atoms with Gasteiger partial charge < -0.3 is 28.8 Å². The molecule has 0 saturated carbocycles. The number of nitrogens with one attached hydrogen (secondary N) is 1. The Hall–Kier alpha value is -0.760. The number of aliphatic hydroxyl groups excluding tert-OH is 1. The maximum Gasteiger partial charge on any atom is 0.268 e. The molecule has 1 amide bonds. The normalized spacial score (nSPS) is 13.9. The zero-order valence-corrected chi connectivity index (χ0v) is 48.6. The molecule has 8 nitrogen and oxygen atoms in total. The summed E-state index contributed by atoms with van der Waals surface area (Å²) in [6, 6.07) is -0.882. The van der Waals surface area contributed by atoms with E-state index in [9.17, 15) is 19.4 Å². The summed E-state index contributed by atoms with van der Waals surface area (Å²) in [6.07, 6.45) is 65.8. The smallest absolute Gasteiger partial charge is 0.268 e. The Morgan fingerprint density at radius 3 is 1.07 bits per heavy atom. The van der Waals surface area contributed by atoms with E-state index >= 15 is 0 Å². The Labute approximate surface area is 437 Å². The quantitative estimate of drug-likeness (QED) is 0.0272. The summed E-state index contributed by atoms with van der Waals surface area (Å²) in [7, 11) is 1.28. The number of hydrogen-bond acceptors (Lipinski definition) is 6. The van der Waals surface area contributed by atoms with Crippen LogP contribution in [0, 0.1) is 0 Å². The molecule has 0 radical (unpaired) electrons. The van der Waals surface area contributed by atoms with Crippen LogP contribution in [0.4, 0.5) is 0 Å². The van der Waals surface area contributed by atoms with E-state index in [-0.39, 0.29) is 19.1 Å². The molecule has 3 unspecified atom stereocenters. The third kappa shape index (κ3) is 55.0. The van der Waals surface area contributed by atoms with Gasteiger partial charge in [-0.15, -0.1) is 0 Å². The fourth-order valence-electron chi connectivity index (χ4n) is 9.63. The molecule has 418 valence electrons. The molecule has 0 aliphatic rings. The molecule has 2 N–H and O–H groups in total. The molecule has 0 bridgehead atoms. The van der Waals surface area contributed by atoms with E-state index in [1.165, 1.54) is 263 Å². The Kier molecular flexibility index (Phi) is 52.5. The fraction of sp³-hybridized carbons (Fsp3) is 0.951. The molecule has 0 rings (SSSR count). The highest BCUT2D eigenvalue weighted by Crippen LogP contribution is 2.38. The number of aliphatic hydroxyl groups is 1. The molecule has 70 heavy (non-hydrogen) atoms. The van der Waals surface area contributed by atoms with Crippen LogP contribution in [0.3, 0.4) is 0 Å². The maximum absolute atomic E-state index is 13.0. The van der Waals surface area contributed by atoms with Crippen LogP contribution >= 0.6 is 7.82 Å². The fourth-order valence-corrected chi connectivity index (χ4v) is 10.4. The van der Waals surface area contributed by atoms with Crippen molar-refractivity contribution in [3.8, 4) is 0 Å². The van der Waals surface area contributed by atoms with Gasteiger partial charge in [0.25, 0.3) is 7.82 Å². The van der Waals surface area contributed by atoms with Crippen molar-refractivity contribution in [2.75, 3.05) is 40.9 Å². The van der Waals surface area contributed by atoms with E-state index in [2.05, 4.69) is 19.2 Å². The van der Waals surface area contributed by atoms with E-state index in [0.717, 1.165) is 38.5 Å². The maximum atomic E-state index is 13.0. The van der Waals surface area contributed by atoms with Crippen molar-refractivity contribution in [3.05, 3.63) is 12.2 Å². The van der Waals surface area contributed by atoms with Crippen LogP contribution in [0.2, 0.25) is 0 Å². The topological polar surface area (TPSA) is 108 Å². The van der Waals surface area contributed by atoms with Gasteiger partial charge in [0.05, 0.1) is 39.9 Å². The number of quaternary nitrogens is 1. The van der Waals surface area contributed by atoms with Crippen LogP contribution in [0.5, 0.6) is 0 Å². The number of phosphoric ester groups is 1. The van der Waals surface area contributed by atoms with Crippen LogP contribution in [-0.2, 0) is 18.4 Å². The second-order valence-electron chi connectivity index (χ2n) is 22.8. The summed E-state index contributed by atoms with van der Waals surface area (Å²) in [5, 5.41) is 13.9. The summed E-state index contributed by atoms with van der Waals surface area (Å²) >= 11 is 0. The summed E-state index contributed by atoms with van der Waals surface area (Å²) in [5.41, 5.74) is 0. The molecular formula is C61H123N2O6P. The van der Waals surface area contributed by atoms with Crippen LogP contribution < -0.4 is 10.2 Å². The number of carbonyl (C=O) groups is 1. The van der Waals surface area contributed by atoms with Crippen molar-refractivity contribution in [2.24, 2.45) is 0 Å². The highest BCUT2D eigenvalue weighted by Gasteiger charge is 2.23.